The SMILES string of the molecule is CC(C)N1CC(C(=O)NCCNS(=O)(=O)c2ccccc2)CC1=O. The third kappa shape index (κ3) is 4.55. The molecule has 0 aliphatic carbocycles. The van der Waals surface area contributed by atoms with Crippen LogP contribution >= 0.6 is 0 Å². The van der Waals surface area contributed by atoms with E-state index in [1.807, 2.05) is 13.8 Å². The number of amides is 2. The van der Waals surface area contributed by atoms with E-state index in [-0.39, 0.29) is 48.2 Å². The number of sulfonamides is 1. The van der Waals surface area contributed by atoms with Gasteiger partial charge in [-0.05, 0) is 26.0 Å². The minimum atomic E-state index is -3.57. The predicted molar refractivity (Wildman–Crippen MR) is 89.6 cm³/mol. The van der Waals surface area contributed by atoms with Crippen LogP contribution in [0.4, 0.5) is 0 Å². The van der Waals surface area contributed by atoms with Crippen molar-refractivity contribution >= 4 is 21.8 Å². The highest BCUT2D eigenvalue weighted by molar-refractivity contribution is 7.89. The second-order valence-electron chi connectivity index (χ2n) is 6.04. The molecule has 1 aromatic carbocycles. The van der Waals surface area contributed by atoms with Crippen molar-refractivity contribution in [3.63, 3.8) is 0 Å². The van der Waals surface area contributed by atoms with Gasteiger partial charge in [0.05, 0.1) is 10.8 Å². The molecule has 132 valence electrons. The predicted octanol–water partition coefficient (Wildman–Crippen LogP) is 0.338. The van der Waals surface area contributed by atoms with Crippen molar-refractivity contribution in [3.8, 4) is 0 Å². The fraction of sp³-hybridized carbons (Fsp3) is 0.500. The van der Waals surface area contributed by atoms with Crippen molar-refractivity contribution < 1.29 is 18.0 Å². The van der Waals surface area contributed by atoms with E-state index in [9.17, 15) is 18.0 Å². The fourth-order valence-corrected chi connectivity index (χ4v) is 3.66. The molecule has 1 aliphatic heterocycles. The van der Waals surface area contributed by atoms with Crippen LogP contribution < -0.4 is 10.0 Å². The Morgan fingerprint density at radius 2 is 1.92 bits per heavy atom. The first-order chi connectivity index (χ1) is 11.3. The lowest BCUT2D eigenvalue weighted by molar-refractivity contribution is -0.129. The zero-order chi connectivity index (χ0) is 17.7. The standard InChI is InChI=1S/C16H23N3O4S/c1-12(2)19-11-13(10-15(19)20)16(21)17-8-9-18-24(22,23)14-6-4-3-5-7-14/h3-7,12-13,18H,8-11H2,1-2H3,(H,17,21). The van der Waals surface area contributed by atoms with Crippen molar-refractivity contribution in [2.75, 3.05) is 19.6 Å². The molecule has 0 bridgehead atoms. The summed E-state index contributed by atoms with van der Waals surface area (Å²) in [6.07, 6.45) is 0.208. The van der Waals surface area contributed by atoms with Gasteiger partial charge in [0, 0.05) is 32.1 Å². The van der Waals surface area contributed by atoms with E-state index in [1.165, 1.54) is 12.1 Å². The van der Waals surface area contributed by atoms with Crippen molar-refractivity contribution in [1.29, 1.82) is 0 Å². The molecule has 24 heavy (non-hydrogen) atoms. The van der Waals surface area contributed by atoms with Gasteiger partial charge < -0.3 is 10.2 Å². The number of nitrogens with one attached hydrogen (secondary N) is 2. The number of carbonyl (C=O) groups is 2. The van der Waals surface area contributed by atoms with Crippen molar-refractivity contribution in [1.82, 2.24) is 14.9 Å². The molecule has 2 amide bonds. The number of likely N-dealkylation sites (tertiary alicyclic amines) is 1. The van der Waals surface area contributed by atoms with Crippen molar-refractivity contribution in [3.05, 3.63) is 30.3 Å². The van der Waals surface area contributed by atoms with Crippen LogP contribution in [0.1, 0.15) is 20.3 Å². The van der Waals surface area contributed by atoms with Crippen LogP contribution in [0, 0.1) is 5.92 Å². The van der Waals surface area contributed by atoms with Crippen LogP contribution in [-0.2, 0) is 19.6 Å². The number of rotatable bonds is 7. The van der Waals surface area contributed by atoms with Crippen LogP contribution in [0.25, 0.3) is 0 Å². The van der Waals surface area contributed by atoms with Crippen molar-refractivity contribution in [2.45, 2.75) is 31.2 Å². The molecule has 1 fully saturated rings. The Balaban J connectivity index is 1.77. The number of nitrogens with zero attached hydrogens (tertiary/aromatic N) is 1. The summed E-state index contributed by atoms with van der Waals surface area (Å²) in [7, 11) is -3.57. The lowest BCUT2D eigenvalue weighted by atomic mass is 10.1. The highest BCUT2D eigenvalue weighted by Gasteiger charge is 2.35. The highest BCUT2D eigenvalue weighted by atomic mass is 32.2. The van der Waals surface area contributed by atoms with E-state index in [0.29, 0.717) is 6.54 Å². The maximum absolute atomic E-state index is 12.1. The maximum Gasteiger partial charge on any atom is 0.240 e. The second-order valence-corrected chi connectivity index (χ2v) is 7.81. The topological polar surface area (TPSA) is 95.6 Å². The second kappa shape index (κ2) is 7.76. The Labute approximate surface area is 142 Å². The monoisotopic (exact) mass is 353 g/mol. The van der Waals surface area contributed by atoms with E-state index in [1.54, 1.807) is 23.1 Å². The average molecular weight is 353 g/mol. The average Bonchev–Trinajstić information content (AvgIpc) is 2.94. The van der Waals surface area contributed by atoms with Gasteiger partial charge in [-0.1, -0.05) is 18.2 Å². The summed E-state index contributed by atoms with van der Waals surface area (Å²) in [6.45, 7) is 4.51. The van der Waals surface area contributed by atoms with Gasteiger partial charge in [0.25, 0.3) is 0 Å². The van der Waals surface area contributed by atoms with E-state index < -0.39 is 10.0 Å². The normalized spacial score (nSPS) is 18.2. The minimum Gasteiger partial charge on any atom is -0.354 e. The van der Waals surface area contributed by atoms with Gasteiger partial charge in [-0.2, -0.15) is 0 Å². The molecule has 0 aromatic heterocycles. The first kappa shape index (κ1) is 18.4. The summed E-state index contributed by atoms with van der Waals surface area (Å²) in [5.41, 5.74) is 0. The first-order valence-corrected chi connectivity index (χ1v) is 9.41. The summed E-state index contributed by atoms with van der Waals surface area (Å²) >= 11 is 0. The fourth-order valence-electron chi connectivity index (χ4n) is 2.60. The Morgan fingerprint density at radius 3 is 2.50 bits per heavy atom. The molecular weight excluding hydrogens is 330 g/mol. The van der Waals surface area contributed by atoms with E-state index >= 15 is 0 Å². The smallest absolute Gasteiger partial charge is 0.240 e. The van der Waals surface area contributed by atoms with Gasteiger partial charge in [-0.25, -0.2) is 13.1 Å². The summed E-state index contributed by atoms with van der Waals surface area (Å²) in [4.78, 5) is 25.8. The van der Waals surface area contributed by atoms with Gasteiger partial charge in [0.2, 0.25) is 21.8 Å². The lowest BCUT2D eigenvalue weighted by Gasteiger charge is -2.20. The first-order valence-electron chi connectivity index (χ1n) is 7.93. The number of carbonyl (C=O) groups excluding carboxylic acids is 2. The number of benzene rings is 1. The van der Waals surface area contributed by atoms with Crippen LogP contribution in [0.3, 0.4) is 0 Å². The van der Waals surface area contributed by atoms with Crippen LogP contribution in [0.2, 0.25) is 0 Å². The summed E-state index contributed by atoms with van der Waals surface area (Å²) < 4.78 is 26.5. The highest BCUT2D eigenvalue weighted by Crippen LogP contribution is 2.20. The van der Waals surface area contributed by atoms with E-state index in [2.05, 4.69) is 10.0 Å². The molecule has 7 nitrogen and oxygen atoms in total. The molecule has 0 saturated carbocycles. The molecule has 1 heterocycles. The molecule has 0 spiro atoms. The Bertz CT molecular complexity index is 689. The number of hydrogen-bond acceptors (Lipinski definition) is 4. The van der Waals surface area contributed by atoms with Gasteiger partial charge in [0.15, 0.2) is 0 Å². The molecule has 8 heteroatoms. The van der Waals surface area contributed by atoms with Crippen LogP contribution in [0.15, 0.2) is 35.2 Å². The summed E-state index contributed by atoms with van der Waals surface area (Å²) in [5, 5.41) is 2.68. The maximum atomic E-state index is 12.1. The molecule has 1 aromatic rings. The summed E-state index contributed by atoms with van der Waals surface area (Å²) in [5.74, 6) is -0.606. The molecule has 1 unspecified atom stereocenters. The quantitative estimate of drug-likeness (QED) is 0.691. The largest absolute Gasteiger partial charge is 0.354 e. The van der Waals surface area contributed by atoms with Gasteiger partial charge in [-0.3, -0.25) is 9.59 Å². The van der Waals surface area contributed by atoms with E-state index in [0.717, 1.165) is 0 Å². The van der Waals surface area contributed by atoms with Gasteiger partial charge >= 0.3 is 0 Å². The van der Waals surface area contributed by atoms with Crippen LogP contribution in [-0.4, -0.2) is 50.8 Å². The zero-order valence-electron chi connectivity index (χ0n) is 13.9. The van der Waals surface area contributed by atoms with Gasteiger partial charge in [-0.15, -0.1) is 0 Å². The lowest BCUT2D eigenvalue weighted by Crippen LogP contribution is -2.39. The Morgan fingerprint density at radius 1 is 1.25 bits per heavy atom. The number of hydrogen-bond donors (Lipinski definition) is 2. The molecule has 1 saturated heterocycles. The minimum absolute atomic E-state index is 0.0186. The zero-order valence-corrected chi connectivity index (χ0v) is 14.7. The molecule has 2 rings (SSSR count). The molecule has 2 N–H and O–H groups in total. The molecule has 1 aliphatic rings. The molecule has 1 atom stereocenters. The van der Waals surface area contributed by atoms with Crippen LogP contribution in [0.5, 0.6) is 0 Å². The Hall–Kier alpha value is -1.93. The third-order valence-corrected chi connectivity index (χ3v) is 5.40. The Kier molecular flexibility index (Phi) is 5.95. The summed E-state index contributed by atoms with van der Waals surface area (Å²) in [6, 6.07) is 8.12. The van der Waals surface area contributed by atoms with E-state index in [4.69, 9.17) is 0 Å². The third-order valence-electron chi connectivity index (χ3n) is 3.92. The molecule has 0 radical (unpaired) electrons. The van der Waals surface area contributed by atoms with Gasteiger partial charge in [0.1, 0.15) is 0 Å². The van der Waals surface area contributed by atoms with Crippen molar-refractivity contribution in [2.24, 2.45) is 5.92 Å². The molecular formula is C16H23N3O4S.